The fourth-order valence-corrected chi connectivity index (χ4v) is 7.35. The molecule has 1 amide bonds. The molecule has 1 aromatic heterocycles. The van der Waals surface area contributed by atoms with Crippen molar-refractivity contribution in [3.63, 3.8) is 0 Å². The normalized spacial score (nSPS) is 17.8. The van der Waals surface area contributed by atoms with Crippen LogP contribution in [-0.4, -0.2) is 80.8 Å². The van der Waals surface area contributed by atoms with Gasteiger partial charge in [0.05, 0.1) is 46.5 Å². The number of nitrogens with one attached hydrogen (secondary N) is 1. The maximum Gasteiger partial charge on any atom is 0.416 e. The molecule has 12 heteroatoms. The molecule has 0 saturated carbocycles. The van der Waals surface area contributed by atoms with Crippen molar-refractivity contribution < 1.29 is 31.1 Å². The Hall–Kier alpha value is -3.84. The third-order valence-corrected chi connectivity index (χ3v) is 10.4. The molecule has 0 bridgehead atoms. The average Bonchev–Trinajstić information content (AvgIpc) is 3.08. The van der Waals surface area contributed by atoms with Crippen molar-refractivity contribution in [3.8, 4) is 11.3 Å². The molecule has 3 heterocycles. The zero-order valence-corrected chi connectivity index (χ0v) is 27.8. The summed E-state index contributed by atoms with van der Waals surface area (Å²) < 4.78 is 72.4. The van der Waals surface area contributed by atoms with E-state index < -0.39 is 27.5 Å². The van der Waals surface area contributed by atoms with Gasteiger partial charge in [0.2, 0.25) is 0 Å². The Morgan fingerprint density at radius 2 is 1.69 bits per heavy atom. The first-order valence-electron chi connectivity index (χ1n) is 16.1. The third-order valence-electron chi connectivity index (χ3n) is 9.33. The average molecular weight is 681 g/mol. The van der Waals surface area contributed by atoms with Gasteiger partial charge in [0.15, 0.2) is 9.84 Å². The summed E-state index contributed by atoms with van der Waals surface area (Å²) >= 11 is 0. The number of hydrogen-bond donors (Lipinski definition) is 1. The summed E-state index contributed by atoms with van der Waals surface area (Å²) in [6.07, 6.45) is -1.70. The van der Waals surface area contributed by atoms with Crippen LogP contribution in [0, 0.1) is 0 Å². The first-order valence-corrected chi connectivity index (χ1v) is 18.0. The number of carbonyl (C=O) groups is 1. The van der Waals surface area contributed by atoms with Crippen molar-refractivity contribution in [2.24, 2.45) is 0 Å². The van der Waals surface area contributed by atoms with Crippen LogP contribution in [-0.2, 0) is 27.3 Å². The Balaban J connectivity index is 1.48. The lowest BCUT2D eigenvalue weighted by molar-refractivity contribution is -0.137. The number of amides is 1. The summed E-state index contributed by atoms with van der Waals surface area (Å²) in [7, 11) is -3.64. The van der Waals surface area contributed by atoms with Crippen LogP contribution in [0.4, 0.5) is 13.2 Å². The second-order valence-corrected chi connectivity index (χ2v) is 14.6. The number of alkyl halides is 3. The monoisotopic (exact) mass is 680 g/mol. The van der Waals surface area contributed by atoms with Gasteiger partial charge in [-0.25, -0.2) is 13.4 Å². The molecule has 2 fully saturated rings. The summed E-state index contributed by atoms with van der Waals surface area (Å²) in [4.78, 5) is 23.9. The Labute approximate surface area is 278 Å². The van der Waals surface area contributed by atoms with Crippen LogP contribution in [0.15, 0.2) is 77.7 Å². The third kappa shape index (κ3) is 7.57. The van der Waals surface area contributed by atoms with Crippen LogP contribution in [0.3, 0.4) is 0 Å². The number of pyridine rings is 1. The van der Waals surface area contributed by atoms with Gasteiger partial charge in [-0.3, -0.25) is 14.6 Å². The fourth-order valence-electron chi connectivity index (χ4n) is 6.71. The number of aromatic nitrogens is 1. The molecule has 0 aliphatic carbocycles. The topological polar surface area (TPSA) is 91.8 Å². The van der Waals surface area contributed by atoms with E-state index >= 15 is 0 Å². The van der Waals surface area contributed by atoms with E-state index in [-0.39, 0.29) is 39.8 Å². The van der Waals surface area contributed by atoms with Crippen LogP contribution in [0.2, 0.25) is 0 Å². The van der Waals surface area contributed by atoms with E-state index in [1.54, 1.807) is 12.1 Å². The summed E-state index contributed by atoms with van der Waals surface area (Å²) in [6.45, 7) is 6.81. The van der Waals surface area contributed by atoms with E-state index in [1.165, 1.54) is 18.2 Å². The lowest BCUT2D eigenvalue weighted by atomic mass is 9.93. The van der Waals surface area contributed by atoms with Crippen molar-refractivity contribution in [2.45, 2.75) is 49.5 Å². The Bertz CT molecular complexity index is 1890. The summed E-state index contributed by atoms with van der Waals surface area (Å²) in [5, 5.41) is 3.51. The Kier molecular flexibility index (Phi) is 9.89. The number of likely N-dealkylation sites (tertiary alicyclic amines) is 1. The number of morpholine rings is 1. The smallest absolute Gasteiger partial charge is 0.379 e. The molecule has 0 radical (unpaired) electrons. The van der Waals surface area contributed by atoms with Crippen LogP contribution in [0.5, 0.6) is 0 Å². The minimum atomic E-state index is -4.59. The molecule has 0 unspecified atom stereocenters. The van der Waals surface area contributed by atoms with Gasteiger partial charge < -0.3 is 10.1 Å². The maximum atomic E-state index is 14.4. The van der Waals surface area contributed by atoms with Gasteiger partial charge in [-0.05, 0) is 62.7 Å². The number of nitrogens with zero attached hydrogens (tertiary/aromatic N) is 3. The van der Waals surface area contributed by atoms with E-state index in [1.807, 2.05) is 37.3 Å². The number of halogens is 3. The van der Waals surface area contributed by atoms with Crippen LogP contribution >= 0.6 is 0 Å². The van der Waals surface area contributed by atoms with Crippen molar-refractivity contribution >= 4 is 26.6 Å². The molecule has 3 aromatic carbocycles. The van der Waals surface area contributed by atoms with Gasteiger partial charge >= 0.3 is 6.18 Å². The standard InChI is InChI=1S/C36H39F3N4O4S/c1-24(25-7-4-3-5-8-25)40-35(44)33-30-12-11-29(48(2,45)46)22-32(30)41-34(26-9-6-10-27(21-26)36(37,38)39)31(33)23-42-15-13-28(14-16-42)43-17-19-47-20-18-43/h3-12,21-22,24,28H,13-20,23H2,1-2H3,(H,40,44)/t24-/m0/s1. The molecule has 1 N–H and O–H groups in total. The number of carbonyl (C=O) groups excluding carboxylic acids is 1. The number of ether oxygens (including phenoxy) is 1. The van der Waals surface area contributed by atoms with Gasteiger partial charge in [0, 0.05) is 48.4 Å². The summed E-state index contributed by atoms with van der Waals surface area (Å²) in [5.41, 5.74) is 1.42. The first-order chi connectivity index (χ1) is 22.9. The number of rotatable bonds is 8. The van der Waals surface area contributed by atoms with Gasteiger partial charge in [-0.15, -0.1) is 0 Å². The number of sulfone groups is 1. The quantitative estimate of drug-likeness (QED) is 0.240. The van der Waals surface area contributed by atoms with E-state index in [0.717, 1.165) is 63.0 Å². The lowest BCUT2D eigenvalue weighted by Gasteiger charge is -2.40. The largest absolute Gasteiger partial charge is 0.416 e. The van der Waals surface area contributed by atoms with Gasteiger partial charge in [0.25, 0.3) is 5.91 Å². The predicted octanol–water partition coefficient (Wildman–Crippen LogP) is 6.11. The zero-order chi connectivity index (χ0) is 34.1. The highest BCUT2D eigenvalue weighted by molar-refractivity contribution is 7.90. The number of fused-ring (bicyclic) bond motifs is 1. The molecule has 6 rings (SSSR count). The SMILES string of the molecule is C[C@H](NC(=O)c1c(CN2CCC(N3CCOCC3)CC2)c(-c2cccc(C(F)(F)F)c2)nc2cc(S(C)(=O)=O)ccc12)c1ccccc1. The molecule has 2 aliphatic rings. The maximum absolute atomic E-state index is 14.4. The molecule has 8 nitrogen and oxygen atoms in total. The van der Waals surface area contributed by atoms with E-state index in [9.17, 15) is 26.4 Å². The Morgan fingerprint density at radius 3 is 2.35 bits per heavy atom. The highest BCUT2D eigenvalue weighted by atomic mass is 32.2. The molecule has 4 aromatic rings. The van der Waals surface area contributed by atoms with Crippen LogP contribution in [0.1, 0.15) is 52.9 Å². The second kappa shape index (κ2) is 13.9. The van der Waals surface area contributed by atoms with Crippen LogP contribution in [0.25, 0.3) is 22.2 Å². The van der Waals surface area contributed by atoms with Gasteiger partial charge in [0.1, 0.15) is 0 Å². The van der Waals surface area contributed by atoms with E-state index in [4.69, 9.17) is 9.72 Å². The van der Waals surface area contributed by atoms with Gasteiger partial charge in [-0.2, -0.15) is 13.2 Å². The summed E-state index contributed by atoms with van der Waals surface area (Å²) in [5.74, 6) is -0.419. The molecular weight excluding hydrogens is 641 g/mol. The van der Waals surface area contributed by atoms with Crippen molar-refractivity contribution in [2.75, 3.05) is 45.6 Å². The predicted molar refractivity (Wildman–Crippen MR) is 178 cm³/mol. The zero-order valence-electron chi connectivity index (χ0n) is 27.0. The van der Waals surface area contributed by atoms with E-state index in [0.29, 0.717) is 30.2 Å². The minimum absolute atomic E-state index is 0.000519. The van der Waals surface area contributed by atoms with E-state index in [2.05, 4.69) is 15.1 Å². The number of benzene rings is 3. The second-order valence-electron chi connectivity index (χ2n) is 12.6. The number of hydrogen-bond acceptors (Lipinski definition) is 7. The molecular formula is C36H39F3N4O4S. The number of piperidine rings is 1. The molecule has 1 atom stereocenters. The minimum Gasteiger partial charge on any atom is -0.379 e. The Morgan fingerprint density at radius 1 is 0.979 bits per heavy atom. The molecule has 2 aliphatic heterocycles. The molecule has 2 saturated heterocycles. The molecule has 254 valence electrons. The van der Waals surface area contributed by atoms with Crippen molar-refractivity contribution in [1.29, 1.82) is 0 Å². The first kappa shape index (κ1) is 34.0. The van der Waals surface area contributed by atoms with Gasteiger partial charge in [-0.1, -0.05) is 48.5 Å². The van der Waals surface area contributed by atoms with Crippen molar-refractivity contribution in [3.05, 3.63) is 95.1 Å². The highest BCUT2D eigenvalue weighted by Gasteiger charge is 2.33. The molecule has 0 spiro atoms. The fraction of sp³-hybridized carbons (Fsp3) is 0.389. The highest BCUT2D eigenvalue weighted by Crippen LogP contribution is 2.37. The lowest BCUT2D eigenvalue weighted by Crippen LogP contribution is -2.48. The van der Waals surface area contributed by atoms with Crippen molar-refractivity contribution in [1.82, 2.24) is 20.1 Å². The molecule has 48 heavy (non-hydrogen) atoms. The summed E-state index contributed by atoms with van der Waals surface area (Å²) in [6, 6.07) is 18.8. The van der Waals surface area contributed by atoms with Crippen LogP contribution < -0.4 is 5.32 Å².